The van der Waals surface area contributed by atoms with E-state index in [4.69, 9.17) is 4.52 Å². The Kier molecular flexibility index (Phi) is 5.46. The molecule has 28 heavy (non-hydrogen) atoms. The first-order valence-electron chi connectivity index (χ1n) is 9.77. The summed E-state index contributed by atoms with van der Waals surface area (Å²) >= 11 is 0. The summed E-state index contributed by atoms with van der Waals surface area (Å²) in [6, 6.07) is 25.1. The van der Waals surface area contributed by atoms with Crippen molar-refractivity contribution in [1.29, 1.82) is 0 Å². The van der Waals surface area contributed by atoms with E-state index in [1.54, 1.807) is 0 Å². The summed E-state index contributed by atoms with van der Waals surface area (Å²) in [5, 5.41) is 3.40. The van der Waals surface area contributed by atoms with Crippen LogP contribution in [-0.2, 0) is 9.32 Å². The van der Waals surface area contributed by atoms with Gasteiger partial charge < -0.3 is 0 Å². The molecule has 146 valence electrons. The van der Waals surface area contributed by atoms with Crippen LogP contribution in [0.4, 0.5) is 0 Å². The van der Waals surface area contributed by atoms with Gasteiger partial charge in [-0.2, -0.15) is 0 Å². The van der Waals surface area contributed by atoms with Crippen LogP contribution in [0.2, 0.25) is 0 Å². The van der Waals surface area contributed by atoms with Crippen LogP contribution in [0.3, 0.4) is 0 Å². The van der Waals surface area contributed by atoms with E-state index in [-0.39, 0.29) is 5.97 Å². The molecule has 0 aliphatic rings. The molecule has 0 bridgehead atoms. The van der Waals surface area contributed by atoms with Gasteiger partial charge in [-0.05, 0) is 0 Å². The Morgan fingerprint density at radius 2 is 1.04 bits per heavy atom. The fourth-order valence-corrected chi connectivity index (χ4v) is 11.1. The number of benzene rings is 3. The van der Waals surface area contributed by atoms with Crippen molar-refractivity contribution in [2.24, 2.45) is 0 Å². The summed E-state index contributed by atoms with van der Waals surface area (Å²) in [6.45, 7) is 6.53. The Morgan fingerprint density at radius 1 is 0.714 bits per heavy atom. The average molecular weight is 392 g/mol. The van der Waals surface area contributed by atoms with Gasteiger partial charge in [0.2, 0.25) is 0 Å². The molecule has 0 heterocycles. The standard InChI is InChI=1S/C25H29O2P/c1-6-28(27-22(5)26,23-16-10-7-13-19(23)2,24-17-11-8-14-20(24)3)25-18-12-9-15-21(25)4/h7-18H,6H2,1-5H3. The topological polar surface area (TPSA) is 26.3 Å². The molecule has 3 aromatic carbocycles. The Balaban J connectivity index is 2.65. The normalized spacial score (nSPS) is 12.8. The minimum absolute atomic E-state index is 0.241. The van der Waals surface area contributed by atoms with Gasteiger partial charge in [0, 0.05) is 0 Å². The van der Waals surface area contributed by atoms with E-state index in [1.807, 2.05) is 18.2 Å². The van der Waals surface area contributed by atoms with Gasteiger partial charge in [0.05, 0.1) is 0 Å². The molecule has 0 saturated carbocycles. The van der Waals surface area contributed by atoms with Crippen molar-refractivity contribution in [3.05, 3.63) is 89.5 Å². The van der Waals surface area contributed by atoms with Crippen LogP contribution in [0.25, 0.3) is 0 Å². The molecule has 0 radical (unpaired) electrons. The molecule has 0 amide bonds. The Morgan fingerprint density at radius 3 is 1.29 bits per heavy atom. The number of carbonyl (C=O) groups excluding carboxylic acids is 1. The number of aryl methyl sites for hydroxylation is 3. The van der Waals surface area contributed by atoms with Crippen LogP contribution in [0.15, 0.2) is 72.8 Å². The fourth-order valence-electron chi connectivity index (χ4n) is 4.68. The van der Waals surface area contributed by atoms with Gasteiger partial charge in [0.25, 0.3) is 0 Å². The van der Waals surface area contributed by atoms with Crippen molar-refractivity contribution >= 4 is 28.7 Å². The van der Waals surface area contributed by atoms with E-state index in [1.165, 1.54) is 6.92 Å². The monoisotopic (exact) mass is 392 g/mol. The van der Waals surface area contributed by atoms with Gasteiger partial charge in [-0.3, -0.25) is 0 Å². The predicted molar refractivity (Wildman–Crippen MR) is 122 cm³/mol. The van der Waals surface area contributed by atoms with Crippen molar-refractivity contribution in [3.8, 4) is 0 Å². The molecule has 3 rings (SSSR count). The minimum atomic E-state index is -3.51. The number of hydrogen-bond acceptors (Lipinski definition) is 2. The van der Waals surface area contributed by atoms with Gasteiger partial charge in [-0.1, -0.05) is 0 Å². The van der Waals surface area contributed by atoms with E-state index in [2.05, 4.69) is 82.3 Å². The fraction of sp³-hybridized carbons (Fsp3) is 0.240. The SMILES string of the molecule is CCP(OC(C)=O)(c1ccccc1C)(c1ccccc1C)c1ccccc1C. The first-order chi connectivity index (χ1) is 13.4. The number of hydrogen-bond donors (Lipinski definition) is 0. The first kappa shape index (κ1) is 20.3. The molecule has 0 atom stereocenters. The third-order valence-electron chi connectivity index (χ3n) is 5.81. The van der Waals surface area contributed by atoms with Gasteiger partial charge in [0.1, 0.15) is 0 Å². The van der Waals surface area contributed by atoms with Crippen molar-refractivity contribution in [3.63, 3.8) is 0 Å². The summed E-state index contributed by atoms with van der Waals surface area (Å²) in [6.07, 6.45) is 0.714. The van der Waals surface area contributed by atoms with Crippen LogP contribution in [-0.4, -0.2) is 12.1 Å². The molecule has 0 spiro atoms. The van der Waals surface area contributed by atoms with E-state index in [9.17, 15) is 4.79 Å². The molecule has 0 unspecified atom stereocenters. The van der Waals surface area contributed by atoms with Crippen molar-refractivity contribution < 1.29 is 9.32 Å². The molecule has 0 aliphatic carbocycles. The van der Waals surface area contributed by atoms with Crippen LogP contribution in [0.1, 0.15) is 30.5 Å². The van der Waals surface area contributed by atoms with E-state index >= 15 is 0 Å². The van der Waals surface area contributed by atoms with E-state index in [0.717, 1.165) is 32.6 Å². The zero-order chi connectivity index (χ0) is 20.4. The summed E-state index contributed by atoms with van der Waals surface area (Å²) in [5.74, 6) is -0.241. The summed E-state index contributed by atoms with van der Waals surface area (Å²) in [7, 11) is 0. The maximum atomic E-state index is 12.7. The number of rotatable bonds is 5. The Hall–Kier alpha value is -2.44. The zero-order valence-electron chi connectivity index (χ0n) is 17.4. The summed E-state index contributed by atoms with van der Waals surface area (Å²) in [5.41, 5.74) is 3.44. The molecule has 0 saturated heterocycles. The van der Waals surface area contributed by atoms with Crippen LogP contribution in [0.5, 0.6) is 0 Å². The molecular formula is C25H29O2P. The average Bonchev–Trinajstić information content (AvgIpc) is 2.68. The second-order valence-electron chi connectivity index (χ2n) is 7.47. The zero-order valence-corrected chi connectivity index (χ0v) is 18.3. The predicted octanol–water partition coefficient (Wildman–Crippen LogP) is 4.94. The van der Waals surface area contributed by atoms with Crippen LogP contribution < -0.4 is 15.9 Å². The second-order valence-corrected chi connectivity index (χ2v) is 12.2. The van der Waals surface area contributed by atoms with Crippen molar-refractivity contribution in [2.45, 2.75) is 34.6 Å². The molecule has 0 N–H and O–H groups in total. The molecule has 0 aromatic heterocycles. The molecule has 0 fully saturated rings. The molecular weight excluding hydrogens is 363 g/mol. The van der Waals surface area contributed by atoms with Crippen LogP contribution in [0, 0.1) is 20.8 Å². The summed E-state index contributed by atoms with van der Waals surface area (Å²) < 4.78 is 6.67. The molecule has 2 nitrogen and oxygen atoms in total. The molecule has 3 heteroatoms. The van der Waals surface area contributed by atoms with Gasteiger partial charge in [-0.15, -0.1) is 0 Å². The third kappa shape index (κ3) is 2.88. The summed E-state index contributed by atoms with van der Waals surface area (Å²) in [4.78, 5) is 12.7. The van der Waals surface area contributed by atoms with E-state index < -0.39 is 6.83 Å². The second kappa shape index (κ2) is 7.53. The van der Waals surface area contributed by atoms with Crippen molar-refractivity contribution in [2.75, 3.05) is 6.16 Å². The van der Waals surface area contributed by atoms with E-state index in [0.29, 0.717) is 6.16 Å². The van der Waals surface area contributed by atoms with Gasteiger partial charge >= 0.3 is 168 Å². The first-order valence-corrected chi connectivity index (χ1v) is 12.1. The molecule has 0 aliphatic heterocycles. The maximum absolute atomic E-state index is 12.7. The third-order valence-corrected chi connectivity index (χ3v) is 12.2. The van der Waals surface area contributed by atoms with Gasteiger partial charge in [0.15, 0.2) is 0 Å². The number of carbonyl (C=O) groups is 1. The Labute approximate surface area is 168 Å². The molecule has 3 aromatic rings. The van der Waals surface area contributed by atoms with Crippen molar-refractivity contribution in [1.82, 2.24) is 0 Å². The van der Waals surface area contributed by atoms with Gasteiger partial charge in [-0.25, -0.2) is 0 Å². The quantitative estimate of drug-likeness (QED) is 0.575. The van der Waals surface area contributed by atoms with Crippen LogP contribution >= 0.6 is 6.83 Å². The Bertz CT molecular complexity index is 909.